The topological polar surface area (TPSA) is 141 Å². The lowest BCUT2D eigenvalue weighted by molar-refractivity contribution is -0.120. The molecule has 2 heterocycles. The maximum Gasteiger partial charge on any atom is 0.408 e. The van der Waals surface area contributed by atoms with Crippen LogP contribution >= 0.6 is 0 Å². The highest BCUT2D eigenvalue weighted by molar-refractivity contribution is 7.91. The molecule has 0 saturated heterocycles. The predicted octanol–water partition coefficient (Wildman–Crippen LogP) is 5.71. The van der Waals surface area contributed by atoms with Gasteiger partial charge in [-0.3, -0.25) is 4.79 Å². The summed E-state index contributed by atoms with van der Waals surface area (Å²) in [6.07, 6.45) is 3.46. The van der Waals surface area contributed by atoms with Gasteiger partial charge in [-0.2, -0.15) is 4.98 Å². The molecule has 45 heavy (non-hydrogen) atoms. The van der Waals surface area contributed by atoms with E-state index in [1.165, 1.54) is 11.0 Å². The molecule has 1 fully saturated rings. The summed E-state index contributed by atoms with van der Waals surface area (Å²) in [6.45, 7) is 10.4. The minimum Gasteiger partial charge on any atom is -0.490 e. The van der Waals surface area contributed by atoms with E-state index in [4.69, 9.17) is 14.0 Å². The van der Waals surface area contributed by atoms with Crippen LogP contribution in [0.25, 0.3) is 11.4 Å². The lowest BCUT2D eigenvalue weighted by Crippen LogP contribution is -2.51. The monoisotopic (exact) mass is 642 g/mol. The number of halogens is 1. The molecule has 2 aromatic carbocycles. The highest BCUT2D eigenvalue weighted by atomic mass is 32.2. The smallest absolute Gasteiger partial charge is 0.408 e. The number of alkyl carbamates (subject to hydrolysis) is 1. The number of carbonyl (C=O) groups excluding carboxylic acids is 2. The number of sulfone groups is 1. The highest BCUT2D eigenvalue weighted by Crippen LogP contribution is 2.37. The molecular weight excluding hydrogens is 603 g/mol. The Labute approximate surface area is 262 Å². The van der Waals surface area contributed by atoms with E-state index in [0.717, 1.165) is 31.7 Å². The fourth-order valence-electron chi connectivity index (χ4n) is 5.27. The van der Waals surface area contributed by atoms with Crippen molar-refractivity contribution in [1.82, 2.24) is 15.5 Å². The molecule has 1 saturated carbocycles. The molecule has 1 aliphatic heterocycles. The number of fused-ring (bicyclic) bond motifs is 1. The Morgan fingerprint density at radius 3 is 2.36 bits per heavy atom. The number of amides is 2. The van der Waals surface area contributed by atoms with Gasteiger partial charge in [0, 0.05) is 5.41 Å². The average molecular weight is 643 g/mol. The summed E-state index contributed by atoms with van der Waals surface area (Å²) in [5, 5.41) is 6.34. The van der Waals surface area contributed by atoms with E-state index >= 15 is 4.39 Å². The summed E-state index contributed by atoms with van der Waals surface area (Å²) in [7, 11) is -4.29. The van der Waals surface area contributed by atoms with Gasteiger partial charge in [0.05, 0.1) is 34.5 Å². The van der Waals surface area contributed by atoms with Gasteiger partial charge in [-0.15, -0.1) is 0 Å². The first-order chi connectivity index (χ1) is 21.0. The fraction of sp³-hybridized carbons (Fsp3) is 0.500. The normalized spacial score (nSPS) is 18.8. The molecule has 13 heteroatoms. The first-order valence-electron chi connectivity index (χ1n) is 15.0. The number of hydrogen-bond donors (Lipinski definition) is 1. The van der Waals surface area contributed by atoms with Crippen LogP contribution in [-0.2, 0) is 31.3 Å². The van der Waals surface area contributed by atoms with Gasteiger partial charge in [-0.25, -0.2) is 17.6 Å². The van der Waals surface area contributed by atoms with Crippen molar-refractivity contribution < 1.29 is 36.4 Å². The number of ether oxygens (including phenoxy) is 2. The summed E-state index contributed by atoms with van der Waals surface area (Å²) in [6, 6.07) is 7.76. The van der Waals surface area contributed by atoms with Crippen molar-refractivity contribution in [3.05, 3.63) is 53.7 Å². The van der Waals surface area contributed by atoms with Crippen LogP contribution in [-0.4, -0.2) is 54.1 Å². The Morgan fingerprint density at radius 1 is 1.09 bits per heavy atom. The van der Waals surface area contributed by atoms with Gasteiger partial charge >= 0.3 is 6.09 Å². The molecule has 5 rings (SSSR count). The molecule has 0 bridgehead atoms. The molecule has 2 aliphatic rings. The van der Waals surface area contributed by atoms with Crippen LogP contribution < -0.4 is 15.0 Å². The van der Waals surface area contributed by atoms with Crippen molar-refractivity contribution in [2.24, 2.45) is 0 Å². The molecule has 2 amide bonds. The van der Waals surface area contributed by atoms with Gasteiger partial charge in [0.25, 0.3) is 5.91 Å². The maximum atomic E-state index is 15.6. The highest BCUT2D eigenvalue weighted by Gasteiger charge is 2.40. The molecule has 242 valence electrons. The van der Waals surface area contributed by atoms with Crippen molar-refractivity contribution in [1.29, 1.82) is 0 Å². The van der Waals surface area contributed by atoms with Crippen molar-refractivity contribution in [2.75, 3.05) is 10.7 Å². The van der Waals surface area contributed by atoms with Crippen LogP contribution in [0.1, 0.15) is 78.7 Å². The average Bonchev–Trinajstić information content (AvgIpc) is 3.62. The molecule has 0 spiro atoms. The van der Waals surface area contributed by atoms with E-state index in [9.17, 15) is 18.0 Å². The molecule has 3 aromatic rings. The van der Waals surface area contributed by atoms with Crippen LogP contribution in [0.2, 0.25) is 0 Å². The van der Waals surface area contributed by atoms with Crippen molar-refractivity contribution in [2.45, 2.75) is 102 Å². The van der Waals surface area contributed by atoms with Crippen molar-refractivity contribution in [3.8, 4) is 17.1 Å². The lowest BCUT2D eigenvalue weighted by atomic mass is 9.97. The molecule has 1 aliphatic carbocycles. The van der Waals surface area contributed by atoms with Crippen molar-refractivity contribution in [3.63, 3.8) is 0 Å². The zero-order chi connectivity index (χ0) is 32.7. The number of hydrogen-bond acceptors (Lipinski definition) is 9. The summed E-state index contributed by atoms with van der Waals surface area (Å²) < 4.78 is 59.6. The largest absolute Gasteiger partial charge is 0.490 e. The molecule has 1 atom stereocenters. The Morgan fingerprint density at radius 2 is 1.76 bits per heavy atom. The standard InChI is InChI=1S/C32H39FN4O7S/c1-31(2,3)29-35-27(36-44-29)22-15-25-26(16-23(22)33)45(40,41)18-24(34-30(39)43-32(4,5)6)28(38)37(25)17-19-11-13-21(14-12-19)42-20-9-7-8-10-20/h11-16,20,24H,7-10,17-18H2,1-6H3,(H,34,39)/t24-/m0/s1. The Hall–Kier alpha value is -4.00. The van der Waals surface area contributed by atoms with E-state index in [0.29, 0.717) is 11.3 Å². The van der Waals surface area contributed by atoms with E-state index in [-0.39, 0.29) is 35.6 Å². The number of carbonyl (C=O) groups is 2. The summed E-state index contributed by atoms with van der Waals surface area (Å²) >= 11 is 0. The molecule has 1 N–H and O–H groups in total. The van der Waals surface area contributed by atoms with E-state index < -0.39 is 55.4 Å². The minimum absolute atomic E-state index is 0.0710. The van der Waals surface area contributed by atoms with Crippen LogP contribution in [0.5, 0.6) is 5.75 Å². The first-order valence-corrected chi connectivity index (χ1v) is 16.6. The van der Waals surface area contributed by atoms with E-state index in [1.807, 2.05) is 20.8 Å². The number of aromatic nitrogens is 2. The van der Waals surface area contributed by atoms with Gasteiger partial charge in [0.1, 0.15) is 23.2 Å². The minimum atomic E-state index is -4.29. The number of anilines is 1. The lowest BCUT2D eigenvalue weighted by Gasteiger charge is -2.27. The van der Waals surface area contributed by atoms with Crippen LogP contribution in [0.4, 0.5) is 14.9 Å². The number of rotatable bonds is 6. The number of nitrogens with zero attached hydrogens (tertiary/aromatic N) is 3. The summed E-state index contributed by atoms with van der Waals surface area (Å²) in [5.74, 6) is -1.55. The second kappa shape index (κ2) is 12.1. The van der Waals surface area contributed by atoms with Crippen LogP contribution in [0, 0.1) is 5.82 Å². The van der Waals surface area contributed by atoms with Gasteiger partial charge in [0.15, 0.2) is 9.84 Å². The zero-order valence-electron chi connectivity index (χ0n) is 26.3. The third-order valence-electron chi connectivity index (χ3n) is 7.49. The van der Waals surface area contributed by atoms with Crippen LogP contribution in [0.3, 0.4) is 0 Å². The summed E-state index contributed by atoms with van der Waals surface area (Å²) in [4.78, 5) is 31.9. The number of nitrogens with one attached hydrogen (secondary N) is 1. The first kappa shape index (κ1) is 32.4. The molecular formula is C32H39FN4O7S. The molecule has 1 aromatic heterocycles. The Kier molecular flexibility index (Phi) is 8.69. The SMILES string of the molecule is CC(C)(C)OC(=O)N[C@H]1CS(=O)(=O)c2cc(F)c(-c3noc(C(C)(C)C)n3)cc2N(Cc2ccc(OC3CCCC3)cc2)C1=O. The second-order valence-electron chi connectivity index (χ2n) is 13.5. The second-order valence-corrected chi connectivity index (χ2v) is 15.5. The Bertz CT molecular complexity index is 1690. The van der Waals surface area contributed by atoms with Crippen molar-refractivity contribution >= 4 is 27.5 Å². The van der Waals surface area contributed by atoms with E-state index in [1.54, 1.807) is 45.0 Å². The third kappa shape index (κ3) is 7.46. The third-order valence-corrected chi connectivity index (χ3v) is 9.26. The summed E-state index contributed by atoms with van der Waals surface area (Å²) in [5.41, 5.74) is -0.967. The van der Waals surface area contributed by atoms with E-state index in [2.05, 4.69) is 15.5 Å². The maximum absolute atomic E-state index is 15.6. The van der Waals surface area contributed by atoms with Gasteiger partial charge < -0.3 is 24.2 Å². The quantitative estimate of drug-likeness (QED) is 0.358. The van der Waals surface area contributed by atoms with Crippen LogP contribution in [0.15, 0.2) is 45.8 Å². The van der Waals surface area contributed by atoms with Gasteiger partial charge in [-0.05, 0) is 76.3 Å². The molecule has 11 nitrogen and oxygen atoms in total. The Balaban J connectivity index is 1.56. The van der Waals surface area contributed by atoms with Gasteiger partial charge in [-0.1, -0.05) is 38.1 Å². The predicted molar refractivity (Wildman–Crippen MR) is 164 cm³/mol. The molecule has 0 radical (unpaired) electrons. The fourth-order valence-corrected chi connectivity index (χ4v) is 6.89. The zero-order valence-corrected chi connectivity index (χ0v) is 27.2. The molecule has 0 unspecified atom stereocenters. The number of benzene rings is 2. The van der Waals surface area contributed by atoms with Gasteiger partial charge in [0.2, 0.25) is 11.7 Å².